The van der Waals surface area contributed by atoms with E-state index in [1.54, 1.807) is 0 Å². The van der Waals surface area contributed by atoms with E-state index in [0.717, 1.165) is 19.1 Å². The van der Waals surface area contributed by atoms with Crippen LogP contribution in [0.1, 0.15) is 33.1 Å². The molecule has 0 amide bonds. The Kier molecular flexibility index (Phi) is 5.89. The van der Waals surface area contributed by atoms with Gasteiger partial charge in [-0.25, -0.2) is 0 Å². The van der Waals surface area contributed by atoms with E-state index in [4.69, 9.17) is 5.73 Å². The molecule has 12 heavy (non-hydrogen) atoms. The molecule has 1 fully saturated rings. The summed E-state index contributed by atoms with van der Waals surface area (Å²) >= 11 is 0. The van der Waals surface area contributed by atoms with Crippen molar-refractivity contribution in [1.29, 1.82) is 0 Å². The van der Waals surface area contributed by atoms with E-state index in [1.165, 1.54) is 19.3 Å². The number of halogens is 1. The largest absolute Gasteiger partial charge is 0.327 e. The molecule has 1 saturated carbocycles. The molecule has 3 heteroatoms. The summed E-state index contributed by atoms with van der Waals surface area (Å²) in [6, 6.07) is 1.18. The molecule has 1 aliphatic rings. The normalized spacial score (nSPS) is 20.0. The van der Waals surface area contributed by atoms with Crippen molar-refractivity contribution in [3.05, 3.63) is 0 Å². The number of hydrogen-bond donors (Lipinski definition) is 1. The van der Waals surface area contributed by atoms with Gasteiger partial charge in [-0.05, 0) is 26.3 Å². The Hall–Kier alpha value is 0.210. The van der Waals surface area contributed by atoms with E-state index >= 15 is 0 Å². The Bertz CT molecular complexity index is 113. The maximum absolute atomic E-state index is 5.74. The van der Waals surface area contributed by atoms with Gasteiger partial charge in [0, 0.05) is 18.6 Å². The van der Waals surface area contributed by atoms with Crippen LogP contribution in [-0.4, -0.2) is 30.1 Å². The van der Waals surface area contributed by atoms with Gasteiger partial charge in [0.15, 0.2) is 0 Å². The summed E-state index contributed by atoms with van der Waals surface area (Å²) in [5.74, 6) is 0. The third-order valence-corrected chi connectivity index (χ3v) is 2.52. The van der Waals surface area contributed by atoms with Gasteiger partial charge < -0.3 is 5.73 Å². The van der Waals surface area contributed by atoms with Crippen molar-refractivity contribution in [3.63, 3.8) is 0 Å². The molecule has 0 aromatic carbocycles. The van der Waals surface area contributed by atoms with Gasteiger partial charge in [0.2, 0.25) is 0 Å². The van der Waals surface area contributed by atoms with Crippen LogP contribution in [0, 0.1) is 0 Å². The van der Waals surface area contributed by atoms with Gasteiger partial charge in [-0.15, -0.1) is 12.4 Å². The first-order valence-corrected chi connectivity index (χ1v) is 4.73. The Morgan fingerprint density at radius 2 is 2.08 bits per heavy atom. The second-order valence-corrected chi connectivity index (χ2v) is 3.65. The molecule has 0 bridgehead atoms. The van der Waals surface area contributed by atoms with Crippen LogP contribution in [0.3, 0.4) is 0 Å². The molecule has 2 N–H and O–H groups in total. The second-order valence-electron chi connectivity index (χ2n) is 3.65. The summed E-state index contributed by atoms with van der Waals surface area (Å²) in [6.07, 6.45) is 4.20. The zero-order valence-electron chi connectivity index (χ0n) is 8.12. The fourth-order valence-corrected chi connectivity index (χ4v) is 1.66. The van der Waals surface area contributed by atoms with Gasteiger partial charge in [0.05, 0.1) is 0 Å². The summed E-state index contributed by atoms with van der Waals surface area (Å²) in [5, 5.41) is 0. The number of hydrogen-bond acceptors (Lipinski definition) is 2. The minimum Gasteiger partial charge on any atom is -0.327 e. The number of likely N-dealkylation sites (N-methyl/N-ethyl adjacent to an activating group) is 1. The third kappa shape index (κ3) is 3.30. The van der Waals surface area contributed by atoms with E-state index in [-0.39, 0.29) is 12.4 Å². The van der Waals surface area contributed by atoms with Crippen LogP contribution < -0.4 is 5.73 Å². The minimum absolute atomic E-state index is 0. The van der Waals surface area contributed by atoms with Gasteiger partial charge in [0.1, 0.15) is 0 Å². The molecule has 0 aromatic rings. The Morgan fingerprint density at radius 3 is 2.33 bits per heavy atom. The molecule has 1 rings (SSSR count). The molecule has 0 heterocycles. The Labute approximate surface area is 81.9 Å². The maximum atomic E-state index is 5.74. The molecule has 0 spiro atoms. The molecular weight excluding hydrogens is 172 g/mol. The maximum Gasteiger partial charge on any atom is 0.0139 e. The molecule has 0 saturated heterocycles. The van der Waals surface area contributed by atoms with Crippen LogP contribution in [0.5, 0.6) is 0 Å². The van der Waals surface area contributed by atoms with E-state index < -0.39 is 0 Å². The van der Waals surface area contributed by atoms with Crippen molar-refractivity contribution in [2.45, 2.75) is 45.2 Å². The fourth-order valence-electron chi connectivity index (χ4n) is 1.66. The van der Waals surface area contributed by atoms with Crippen LogP contribution in [0.4, 0.5) is 0 Å². The number of rotatable bonds is 4. The molecule has 1 atom stereocenters. The Morgan fingerprint density at radius 1 is 1.50 bits per heavy atom. The highest BCUT2D eigenvalue weighted by Gasteiger charge is 2.23. The highest BCUT2D eigenvalue weighted by Crippen LogP contribution is 2.24. The molecule has 0 radical (unpaired) electrons. The van der Waals surface area contributed by atoms with Crippen LogP contribution in [-0.2, 0) is 0 Å². The highest BCUT2D eigenvalue weighted by atomic mass is 35.5. The first kappa shape index (κ1) is 12.2. The van der Waals surface area contributed by atoms with Crippen molar-refractivity contribution >= 4 is 12.4 Å². The lowest BCUT2D eigenvalue weighted by molar-refractivity contribution is 0.128. The van der Waals surface area contributed by atoms with Crippen LogP contribution in [0.25, 0.3) is 0 Å². The van der Waals surface area contributed by atoms with Gasteiger partial charge in [-0.2, -0.15) is 0 Å². The van der Waals surface area contributed by atoms with E-state index in [0.29, 0.717) is 6.04 Å². The Balaban J connectivity index is 0.00000121. The van der Waals surface area contributed by atoms with Crippen molar-refractivity contribution in [3.8, 4) is 0 Å². The van der Waals surface area contributed by atoms with Crippen LogP contribution in [0.2, 0.25) is 0 Å². The lowest BCUT2D eigenvalue weighted by atomic mass is 9.91. The zero-order chi connectivity index (χ0) is 8.27. The lowest BCUT2D eigenvalue weighted by Gasteiger charge is -2.37. The van der Waals surface area contributed by atoms with E-state index in [9.17, 15) is 0 Å². The zero-order valence-corrected chi connectivity index (χ0v) is 8.94. The van der Waals surface area contributed by atoms with Gasteiger partial charge in [0.25, 0.3) is 0 Å². The fraction of sp³-hybridized carbons (Fsp3) is 1.00. The topological polar surface area (TPSA) is 29.3 Å². The molecule has 1 aliphatic carbocycles. The van der Waals surface area contributed by atoms with Gasteiger partial charge in [-0.3, -0.25) is 4.90 Å². The first-order chi connectivity index (χ1) is 5.24. The number of nitrogens with two attached hydrogens (primary N) is 1. The molecule has 0 aromatic heterocycles. The standard InChI is InChI=1S/C9H20N2.ClH/c1-3-11(7-8(2)10)9-5-4-6-9;/h8-9H,3-7,10H2,1-2H3;1H. The average Bonchev–Trinajstić information content (AvgIpc) is 1.81. The smallest absolute Gasteiger partial charge is 0.0139 e. The summed E-state index contributed by atoms with van der Waals surface area (Å²) in [7, 11) is 0. The SMILES string of the molecule is CCN(CC(C)N)C1CCC1.Cl. The summed E-state index contributed by atoms with van der Waals surface area (Å²) in [5.41, 5.74) is 5.74. The lowest BCUT2D eigenvalue weighted by Crippen LogP contribution is -2.45. The van der Waals surface area contributed by atoms with E-state index in [1.807, 2.05) is 0 Å². The molecule has 1 unspecified atom stereocenters. The number of nitrogens with zero attached hydrogens (tertiary/aromatic N) is 1. The summed E-state index contributed by atoms with van der Waals surface area (Å²) < 4.78 is 0. The van der Waals surface area contributed by atoms with E-state index in [2.05, 4.69) is 18.7 Å². The molecule has 74 valence electrons. The van der Waals surface area contributed by atoms with Crippen molar-refractivity contribution < 1.29 is 0 Å². The summed E-state index contributed by atoms with van der Waals surface area (Å²) in [4.78, 5) is 2.51. The van der Waals surface area contributed by atoms with Crippen LogP contribution >= 0.6 is 12.4 Å². The van der Waals surface area contributed by atoms with Crippen molar-refractivity contribution in [1.82, 2.24) is 4.90 Å². The van der Waals surface area contributed by atoms with Gasteiger partial charge >= 0.3 is 0 Å². The third-order valence-electron chi connectivity index (χ3n) is 2.52. The minimum atomic E-state index is 0. The molecule has 0 aliphatic heterocycles. The predicted molar refractivity (Wildman–Crippen MR) is 55.8 cm³/mol. The average molecular weight is 193 g/mol. The first-order valence-electron chi connectivity index (χ1n) is 4.73. The monoisotopic (exact) mass is 192 g/mol. The molecular formula is C9H21ClN2. The van der Waals surface area contributed by atoms with Gasteiger partial charge in [-0.1, -0.05) is 13.3 Å². The summed E-state index contributed by atoms with van der Waals surface area (Å²) in [6.45, 7) is 6.54. The van der Waals surface area contributed by atoms with Crippen LogP contribution in [0.15, 0.2) is 0 Å². The quantitative estimate of drug-likeness (QED) is 0.734. The molecule has 2 nitrogen and oxygen atoms in total. The van der Waals surface area contributed by atoms with Crippen molar-refractivity contribution in [2.75, 3.05) is 13.1 Å². The predicted octanol–water partition coefficient (Wildman–Crippen LogP) is 1.63. The second kappa shape index (κ2) is 5.79. The van der Waals surface area contributed by atoms with Crippen molar-refractivity contribution in [2.24, 2.45) is 5.73 Å². The highest BCUT2D eigenvalue weighted by molar-refractivity contribution is 5.85.